The number of rotatable bonds is 4. The average molecular weight is 373 g/mol. The van der Waals surface area contributed by atoms with E-state index in [1.54, 1.807) is 0 Å². The van der Waals surface area contributed by atoms with Crippen molar-refractivity contribution in [2.75, 3.05) is 0 Å². The van der Waals surface area contributed by atoms with Crippen LogP contribution in [0.5, 0.6) is 0 Å². The number of aromatic nitrogens is 2. The zero-order valence-electron chi connectivity index (χ0n) is 11.3. The van der Waals surface area contributed by atoms with Crippen LogP contribution in [0.1, 0.15) is 37.0 Å². The van der Waals surface area contributed by atoms with E-state index in [1.807, 2.05) is 19.4 Å². The first-order chi connectivity index (χ1) is 9.40. The molecule has 8 heteroatoms. The fraction of sp³-hybridized carbons (Fsp3) is 0.231. The summed E-state index contributed by atoms with van der Waals surface area (Å²) in [6.07, 6.45) is 1.41. The van der Waals surface area contributed by atoms with Crippen molar-refractivity contribution in [3.05, 3.63) is 45.2 Å². The molecule has 0 spiro atoms. The van der Waals surface area contributed by atoms with E-state index >= 15 is 0 Å². The molecule has 2 heterocycles. The Morgan fingerprint density at radius 1 is 1.19 bits per heavy atom. The van der Waals surface area contributed by atoms with E-state index in [9.17, 15) is 9.59 Å². The average Bonchev–Trinajstić information content (AvgIpc) is 2.70. The second-order valence-electron chi connectivity index (χ2n) is 4.30. The third-order valence-corrected chi connectivity index (χ3v) is 5.06. The molecular weight excluding hydrogens is 360 g/mol. The first-order valence-electron chi connectivity index (χ1n) is 5.77. The number of thiazole rings is 1. The summed E-state index contributed by atoms with van der Waals surface area (Å²) in [7, 11) is -0.184. The molecule has 0 radical (unpaired) electrons. The van der Waals surface area contributed by atoms with E-state index in [-0.39, 0.29) is 33.0 Å². The van der Waals surface area contributed by atoms with Crippen molar-refractivity contribution in [3.8, 4) is 0 Å². The number of carbonyl (C=O) groups is 2. The summed E-state index contributed by atoms with van der Waals surface area (Å²) >= 11 is 0. The van der Waals surface area contributed by atoms with Crippen molar-refractivity contribution in [2.24, 2.45) is 0 Å². The lowest BCUT2D eigenvalue weighted by molar-refractivity contribution is -0.0000335. The molecular formula is C13H13BrN2O4S. The molecule has 0 aliphatic rings. The second-order valence-corrected chi connectivity index (χ2v) is 6.27. The maximum absolute atomic E-state index is 11.1. The number of aryl methyl sites for hydroxylation is 1. The van der Waals surface area contributed by atoms with Gasteiger partial charge in [-0.05, 0) is 13.0 Å². The van der Waals surface area contributed by atoms with Crippen LogP contribution in [0.25, 0.3) is 0 Å². The molecule has 1 unspecified atom stereocenters. The van der Waals surface area contributed by atoms with Crippen LogP contribution in [0.3, 0.4) is 0 Å². The molecule has 0 aromatic carbocycles. The van der Waals surface area contributed by atoms with E-state index < -0.39 is 17.6 Å². The van der Waals surface area contributed by atoms with Crippen molar-refractivity contribution in [1.82, 2.24) is 9.97 Å². The molecule has 2 rings (SSSR count). The van der Waals surface area contributed by atoms with Crippen molar-refractivity contribution < 1.29 is 36.8 Å². The Labute approximate surface area is 134 Å². The summed E-state index contributed by atoms with van der Waals surface area (Å²) in [4.78, 5) is 31.2. The summed E-state index contributed by atoms with van der Waals surface area (Å²) < 4.78 is 0. The number of carboxylic acid groups (broad SMARTS) is 2. The van der Waals surface area contributed by atoms with Crippen molar-refractivity contribution >= 4 is 22.4 Å². The first kappa shape index (κ1) is 17.3. The van der Waals surface area contributed by atoms with Crippen LogP contribution in [-0.4, -0.2) is 32.1 Å². The maximum atomic E-state index is 11.1. The lowest BCUT2D eigenvalue weighted by atomic mass is 10.1. The van der Waals surface area contributed by atoms with E-state index in [2.05, 4.69) is 9.97 Å². The largest absolute Gasteiger partial charge is 1.00 e. The minimum absolute atomic E-state index is 0. The molecule has 0 fully saturated rings. The summed E-state index contributed by atoms with van der Waals surface area (Å²) in [5, 5.41) is 18.0. The van der Waals surface area contributed by atoms with Gasteiger partial charge in [0.25, 0.3) is 0 Å². The SMILES string of the molecule is Cc1nc[s+](Cc2cnc(C(=O)O)c(C(=O)O)c2)c1C.[Br-]. The molecule has 0 saturated carbocycles. The Kier molecular flexibility index (Phi) is 5.56. The van der Waals surface area contributed by atoms with Crippen molar-refractivity contribution in [3.63, 3.8) is 0 Å². The standard InChI is InChI=1S/C13H12N2O4S.BrH/c1-7-8(2)20(6-15-7)5-9-3-10(12(16)17)11(13(18)19)14-4-9;/h3-4,6H,5H2,1-2H3,(H-,16,17,18,19);1H. The van der Waals surface area contributed by atoms with Gasteiger partial charge in [-0.2, -0.15) is 0 Å². The highest BCUT2D eigenvalue weighted by molar-refractivity contribution is 7.29. The molecule has 2 aromatic heterocycles. The van der Waals surface area contributed by atoms with Crippen LogP contribution in [0.4, 0.5) is 0 Å². The normalized spacial score (nSPS) is 10.9. The lowest BCUT2D eigenvalue weighted by Gasteiger charge is -2.02. The Morgan fingerprint density at radius 3 is 2.33 bits per heavy atom. The predicted molar refractivity (Wildman–Crippen MR) is 73.4 cm³/mol. The number of aromatic carboxylic acids is 2. The van der Waals surface area contributed by atoms with E-state index in [0.717, 1.165) is 10.6 Å². The zero-order chi connectivity index (χ0) is 14.9. The Morgan fingerprint density at radius 2 is 1.86 bits per heavy atom. The highest BCUT2D eigenvalue weighted by atomic mass is 79.9. The van der Waals surface area contributed by atoms with Crippen molar-refractivity contribution in [2.45, 2.75) is 19.6 Å². The van der Waals surface area contributed by atoms with Gasteiger partial charge >= 0.3 is 11.9 Å². The topological polar surface area (TPSA) is 100 Å². The van der Waals surface area contributed by atoms with Gasteiger partial charge in [0.15, 0.2) is 16.3 Å². The van der Waals surface area contributed by atoms with Gasteiger partial charge < -0.3 is 27.2 Å². The second kappa shape index (κ2) is 6.77. The van der Waals surface area contributed by atoms with Crippen molar-refractivity contribution in [1.29, 1.82) is 0 Å². The molecule has 2 N–H and O–H groups in total. The van der Waals surface area contributed by atoms with Gasteiger partial charge in [-0.25, -0.2) is 19.6 Å². The molecule has 0 bridgehead atoms. The predicted octanol–water partition coefficient (Wildman–Crippen LogP) is -0.709. The van der Waals surface area contributed by atoms with Crippen LogP contribution in [0.15, 0.2) is 17.8 Å². The minimum atomic E-state index is -1.34. The highest BCUT2D eigenvalue weighted by Gasteiger charge is 2.21. The fourth-order valence-corrected chi connectivity index (χ4v) is 3.43. The molecule has 1 atom stereocenters. The van der Waals surface area contributed by atoms with Gasteiger partial charge in [0.05, 0.1) is 11.3 Å². The Bertz CT molecular complexity index is 699. The zero-order valence-corrected chi connectivity index (χ0v) is 13.7. The number of nitrogens with zero attached hydrogens (tertiary/aromatic N) is 2. The molecule has 0 amide bonds. The molecule has 6 nitrogen and oxygen atoms in total. The van der Waals surface area contributed by atoms with Crippen LogP contribution in [0.2, 0.25) is 0 Å². The Balaban J connectivity index is 0.00000220. The smallest absolute Gasteiger partial charge is 0.355 e. The quantitative estimate of drug-likeness (QED) is 0.687. The van der Waals surface area contributed by atoms with Gasteiger partial charge in [-0.1, -0.05) is 0 Å². The van der Waals surface area contributed by atoms with Gasteiger partial charge in [0.2, 0.25) is 5.51 Å². The maximum Gasteiger partial charge on any atom is 0.355 e. The number of hydrogen-bond acceptors (Lipinski definition) is 4. The van der Waals surface area contributed by atoms with Crippen LogP contribution >= 0.6 is 10.5 Å². The van der Waals surface area contributed by atoms with Gasteiger partial charge in [0.1, 0.15) is 0 Å². The van der Waals surface area contributed by atoms with Crippen LogP contribution in [-0.2, 0) is 5.75 Å². The number of pyridine rings is 1. The molecule has 0 aliphatic heterocycles. The highest BCUT2D eigenvalue weighted by Crippen LogP contribution is 2.29. The Hall–Kier alpha value is -1.80. The third-order valence-electron chi connectivity index (χ3n) is 2.98. The van der Waals surface area contributed by atoms with E-state index in [0.29, 0.717) is 11.3 Å². The minimum Gasteiger partial charge on any atom is -1.00 e. The summed E-state index contributed by atoms with van der Waals surface area (Å²) in [5.41, 5.74) is 2.79. The summed E-state index contributed by atoms with van der Waals surface area (Å²) in [6, 6.07) is 1.38. The number of hydrogen-bond donors (Lipinski definition) is 2. The fourth-order valence-electron chi connectivity index (χ4n) is 1.75. The van der Waals surface area contributed by atoms with Gasteiger partial charge in [-0.15, -0.1) is 0 Å². The van der Waals surface area contributed by atoms with Crippen LogP contribution < -0.4 is 17.0 Å². The monoisotopic (exact) mass is 372 g/mol. The molecule has 112 valence electrons. The molecule has 0 aliphatic carbocycles. The van der Waals surface area contributed by atoms with E-state index in [4.69, 9.17) is 10.2 Å². The first-order valence-corrected chi connectivity index (χ1v) is 7.22. The summed E-state index contributed by atoms with van der Waals surface area (Å²) in [6.45, 7) is 3.91. The van der Waals surface area contributed by atoms with Gasteiger partial charge in [-0.3, -0.25) is 0 Å². The van der Waals surface area contributed by atoms with Crippen LogP contribution in [0, 0.1) is 13.8 Å². The molecule has 2 aromatic rings. The molecule has 21 heavy (non-hydrogen) atoms. The third kappa shape index (κ3) is 3.64. The van der Waals surface area contributed by atoms with E-state index in [1.165, 1.54) is 12.3 Å². The van der Waals surface area contributed by atoms with Gasteiger partial charge in [0, 0.05) is 29.2 Å². The number of carboxylic acids is 2. The number of halogens is 1. The molecule has 0 saturated heterocycles. The summed E-state index contributed by atoms with van der Waals surface area (Å²) in [5.74, 6) is -2.05. The lowest BCUT2D eigenvalue weighted by Crippen LogP contribution is -3.00.